The summed E-state index contributed by atoms with van der Waals surface area (Å²) in [6, 6.07) is 7.03. The van der Waals surface area contributed by atoms with Crippen molar-refractivity contribution >= 4 is 15.5 Å². The Morgan fingerprint density at radius 1 is 1.05 bits per heavy atom. The van der Waals surface area contributed by atoms with Gasteiger partial charge in [0.15, 0.2) is 9.84 Å². The van der Waals surface area contributed by atoms with Gasteiger partial charge in [-0.2, -0.15) is 0 Å². The number of nitrogens with two attached hydrogens (primary N) is 1. The number of rotatable bonds is 9. The minimum atomic E-state index is -2.99. The molecule has 0 atom stereocenters. The van der Waals surface area contributed by atoms with E-state index in [1.807, 2.05) is 0 Å². The zero-order valence-electron chi connectivity index (χ0n) is 11.2. The van der Waals surface area contributed by atoms with Gasteiger partial charge in [0, 0.05) is 19.4 Å². The summed E-state index contributed by atoms with van der Waals surface area (Å²) in [5.74, 6) is 1.01. The number of hydrogen-bond donors (Lipinski definition) is 1. The molecule has 2 N–H and O–H groups in total. The van der Waals surface area contributed by atoms with Gasteiger partial charge in [-0.15, -0.1) is 0 Å². The maximum atomic E-state index is 11.6. The molecule has 5 nitrogen and oxygen atoms in total. The first kappa shape index (κ1) is 15.8. The largest absolute Gasteiger partial charge is 0.494 e. The predicted octanol–water partition coefficient (Wildman–Crippen LogP) is 1.49. The fraction of sp³-hybridized carbons (Fsp3) is 0.538. The van der Waals surface area contributed by atoms with Crippen LogP contribution in [0.2, 0.25) is 0 Å². The number of hydrogen-bond acceptors (Lipinski definition) is 5. The second-order valence-corrected chi connectivity index (χ2v) is 6.57. The molecule has 0 saturated heterocycles. The molecule has 0 fully saturated rings. The molecule has 0 bridgehead atoms. The van der Waals surface area contributed by atoms with Crippen molar-refractivity contribution in [3.63, 3.8) is 0 Å². The van der Waals surface area contributed by atoms with Crippen LogP contribution in [-0.4, -0.2) is 40.2 Å². The van der Waals surface area contributed by atoms with Gasteiger partial charge in [-0.05, 0) is 37.1 Å². The van der Waals surface area contributed by atoms with E-state index in [-0.39, 0.29) is 11.5 Å². The fourth-order valence-electron chi connectivity index (χ4n) is 1.56. The summed E-state index contributed by atoms with van der Waals surface area (Å²) in [4.78, 5) is 0. The standard InChI is InChI=1S/C13H21NO4S/c1-17-8-2-10-19(15,16)11-3-9-18-13-6-4-12(14)5-7-13/h4-7H,2-3,8-11,14H2,1H3. The first-order valence-electron chi connectivity index (χ1n) is 6.21. The third kappa shape index (κ3) is 7.03. The molecule has 108 valence electrons. The average Bonchev–Trinajstić information content (AvgIpc) is 2.37. The summed E-state index contributed by atoms with van der Waals surface area (Å²) in [6.45, 7) is 0.856. The van der Waals surface area contributed by atoms with Gasteiger partial charge in [0.1, 0.15) is 5.75 Å². The molecule has 0 aliphatic rings. The predicted molar refractivity (Wildman–Crippen MR) is 76.1 cm³/mol. The molecule has 0 spiro atoms. The van der Waals surface area contributed by atoms with Gasteiger partial charge in [0.05, 0.1) is 18.1 Å². The Bertz CT molecular complexity index is 456. The average molecular weight is 287 g/mol. The second kappa shape index (κ2) is 8.01. The molecule has 0 saturated carbocycles. The highest BCUT2D eigenvalue weighted by molar-refractivity contribution is 7.91. The van der Waals surface area contributed by atoms with Gasteiger partial charge in [0.2, 0.25) is 0 Å². The SMILES string of the molecule is COCCCS(=O)(=O)CCCOc1ccc(N)cc1. The Morgan fingerprint density at radius 3 is 2.21 bits per heavy atom. The lowest BCUT2D eigenvalue weighted by Gasteiger charge is -2.07. The third-order valence-electron chi connectivity index (χ3n) is 2.55. The Morgan fingerprint density at radius 2 is 1.63 bits per heavy atom. The molecule has 0 unspecified atom stereocenters. The highest BCUT2D eigenvalue weighted by atomic mass is 32.2. The monoisotopic (exact) mass is 287 g/mol. The lowest BCUT2D eigenvalue weighted by Crippen LogP contribution is -2.14. The van der Waals surface area contributed by atoms with Crippen LogP contribution in [0, 0.1) is 0 Å². The first-order valence-corrected chi connectivity index (χ1v) is 8.03. The molecule has 6 heteroatoms. The fourth-order valence-corrected chi connectivity index (χ4v) is 2.88. The highest BCUT2D eigenvalue weighted by Gasteiger charge is 2.10. The Labute approximate surface area is 114 Å². The van der Waals surface area contributed by atoms with E-state index in [0.29, 0.717) is 37.5 Å². The lowest BCUT2D eigenvalue weighted by atomic mass is 10.3. The van der Waals surface area contributed by atoms with Crippen molar-refractivity contribution in [3.8, 4) is 5.75 Å². The van der Waals surface area contributed by atoms with E-state index in [1.54, 1.807) is 31.4 Å². The van der Waals surface area contributed by atoms with Gasteiger partial charge in [-0.25, -0.2) is 8.42 Å². The van der Waals surface area contributed by atoms with E-state index in [0.717, 1.165) is 0 Å². The molecule has 1 rings (SSSR count). The zero-order valence-corrected chi connectivity index (χ0v) is 12.0. The van der Waals surface area contributed by atoms with Gasteiger partial charge in [0.25, 0.3) is 0 Å². The van der Waals surface area contributed by atoms with Crippen LogP contribution in [-0.2, 0) is 14.6 Å². The Balaban J connectivity index is 2.21. The molecule has 0 radical (unpaired) electrons. The van der Waals surface area contributed by atoms with Crippen LogP contribution < -0.4 is 10.5 Å². The molecule has 19 heavy (non-hydrogen) atoms. The van der Waals surface area contributed by atoms with E-state index in [9.17, 15) is 8.42 Å². The van der Waals surface area contributed by atoms with Gasteiger partial charge >= 0.3 is 0 Å². The molecule has 0 heterocycles. The van der Waals surface area contributed by atoms with Crippen LogP contribution in [0.15, 0.2) is 24.3 Å². The lowest BCUT2D eigenvalue weighted by molar-refractivity contribution is 0.199. The van der Waals surface area contributed by atoms with E-state index in [1.165, 1.54) is 0 Å². The van der Waals surface area contributed by atoms with E-state index >= 15 is 0 Å². The number of methoxy groups -OCH3 is 1. The highest BCUT2D eigenvalue weighted by Crippen LogP contribution is 2.13. The van der Waals surface area contributed by atoms with Crippen molar-refractivity contribution in [1.29, 1.82) is 0 Å². The molecular formula is C13H21NO4S. The van der Waals surface area contributed by atoms with Crippen molar-refractivity contribution in [2.45, 2.75) is 12.8 Å². The summed E-state index contributed by atoms with van der Waals surface area (Å²) >= 11 is 0. The van der Waals surface area contributed by atoms with Crippen molar-refractivity contribution in [2.24, 2.45) is 0 Å². The molecule has 0 aromatic heterocycles. The van der Waals surface area contributed by atoms with Gasteiger partial charge < -0.3 is 15.2 Å². The van der Waals surface area contributed by atoms with Crippen LogP contribution in [0.3, 0.4) is 0 Å². The number of sulfone groups is 1. The van der Waals surface area contributed by atoms with Crippen molar-refractivity contribution in [1.82, 2.24) is 0 Å². The van der Waals surface area contributed by atoms with Crippen LogP contribution >= 0.6 is 0 Å². The molecular weight excluding hydrogens is 266 g/mol. The summed E-state index contributed by atoms with van der Waals surface area (Å²) in [6.07, 6.45) is 1.03. The Kier molecular flexibility index (Phi) is 6.66. The molecule has 0 aliphatic carbocycles. The summed E-state index contributed by atoms with van der Waals surface area (Å²) in [5, 5.41) is 0. The summed E-state index contributed by atoms with van der Waals surface area (Å²) < 4.78 is 33.5. The molecule has 0 amide bonds. The maximum absolute atomic E-state index is 11.6. The quantitative estimate of drug-likeness (QED) is 0.550. The van der Waals surface area contributed by atoms with Crippen molar-refractivity contribution in [3.05, 3.63) is 24.3 Å². The van der Waals surface area contributed by atoms with Crippen LogP contribution in [0.4, 0.5) is 5.69 Å². The maximum Gasteiger partial charge on any atom is 0.150 e. The number of benzene rings is 1. The summed E-state index contributed by atoms with van der Waals surface area (Å²) in [7, 11) is -1.43. The zero-order chi connectivity index (χ0) is 14.1. The first-order chi connectivity index (χ1) is 9.03. The van der Waals surface area contributed by atoms with Gasteiger partial charge in [-0.1, -0.05) is 0 Å². The summed E-state index contributed by atoms with van der Waals surface area (Å²) in [5.41, 5.74) is 6.23. The second-order valence-electron chi connectivity index (χ2n) is 4.27. The topological polar surface area (TPSA) is 78.6 Å². The van der Waals surface area contributed by atoms with E-state index < -0.39 is 9.84 Å². The smallest absolute Gasteiger partial charge is 0.150 e. The third-order valence-corrected chi connectivity index (χ3v) is 4.37. The minimum absolute atomic E-state index is 0.145. The number of anilines is 1. The van der Waals surface area contributed by atoms with E-state index in [2.05, 4.69) is 0 Å². The van der Waals surface area contributed by atoms with E-state index in [4.69, 9.17) is 15.2 Å². The normalized spacial score (nSPS) is 11.4. The van der Waals surface area contributed by atoms with Crippen LogP contribution in [0.5, 0.6) is 5.75 Å². The number of nitrogen functional groups attached to an aromatic ring is 1. The van der Waals surface area contributed by atoms with Crippen LogP contribution in [0.1, 0.15) is 12.8 Å². The number of ether oxygens (including phenoxy) is 2. The molecule has 1 aromatic carbocycles. The molecule has 0 aliphatic heterocycles. The van der Waals surface area contributed by atoms with Gasteiger partial charge in [-0.3, -0.25) is 0 Å². The van der Waals surface area contributed by atoms with Crippen LogP contribution in [0.25, 0.3) is 0 Å². The molecule has 1 aromatic rings. The minimum Gasteiger partial charge on any atom is -0.494 e. The Hall–Kier alpha value is -1.27. The van der Waals surface area contributed by atoms with Crippen molar-refractivity contribution < 1.29 is 17.9 Å². The van der Waals surface area contributed by atoms with Crippen molar-refractivity contribution in [2.75, 3.05) is 37.6 Å².